The topological polar surface area (TPSA) is 76.7 Å². The van der Waals surface area contributed by atoms with Crippen LogP contribution in [0.4, 0.5) is 5.69 Å². The molecule has 0 aliphatic rings. The van der Waals surface area contributed by atoms with Gasteiger partial charge in [0.15, 0.2) is 6.10 Å². The lowest BCUT2D eigenvalue weighted by Crippen LogP contribution is -2.29. The second kappa shape index (κ2) is 9.56. The maximum atomic E-state index is 12.6. The van der Waals surface area contributed by atoms with Crippen LogP contribution >= 0.6 is 0 Å². The van der Waals surface area contributed by atoms with Gasteiger partial charge in [0.2, 0.25) is 0 Å². The van der Waals surface area contributed by atoms with Crippen LogP contribution in [0.1, 0.15) is 22.0 Å². The molecule has 1 unspecified atom stereocenters. The smallest absolute Gasteiger partial charge is 0.258 e. The van der Waals surface area contributed by atoms with Crippen molar-refractivity contribution in [2.75, 3.05) is 32.7 Å². The van der Waals surface area contributed by atoms with Crippen LogP contribution in [0, 0.1) is 0 Å². The highest BCUT2D eigenvalue weighted by Gasteiger charge is 2.21. The Hall–Kier alpha value is -2.70. The van der Waals surface area contributed by atoms with E-state index >= 15 is 0 Å². The van der Waals surface area contributed by atoms with E-state index in [1.165, 1.54) is 7.11 Å². The lowest BCUT2D eigenvalue weighted by molar-refractivity contribution is -0.126. The van der Waals surface area contributed by atoms with E-state index in [2.05, 4.69) is 10.6 Å². The molecule has 0 heterocycles. The molecule has 0 bridgehead atoms. The van der Waals surface area contributed by atoms with Crippen LogP contribution in [0.5, 0.6) is 0 Å². The van der Waals surface area contributed by atoms with Crippen molar-refractivity contribution >= 4 is 17.5 Å². The van der Waals surface area contributed by atoms with Gasteiger partial charge < -0.3 is 20.1 Å². The zero-order valence-electron chi connectivity index (χ0n) is 14.3. The van der Waals surface area contributed by atoms with Crippen molar-refractivity contribution in [3.63, 3.8) is 0 Å². The molecule has 1 atom stereocenters. The van der Waals surface area contributed by atoms with Crippen LogP contribution in [-0.2, 0) is 14.3 Å². The maximum absolute atomic E-state index is 12.6. The molecular formula is C19H22N2O4. The van der Waals surface area contributed by atoms with E-state index in [9.17, 15) is 9.59 Å². The number of hydrogen-bond donors (Lipinski definition) is 2. The summed E-state index contributed by atoms with van der Waals surface area (Å²) in [7, 11) is 3.04. The molecule has 0 spiro atoms. The Bertz CT molecular complexity index is 704. The van der Waals surface area contributed by atoms with E-state index in [1.807, 2.05) is 30.3 Å². The molecule has 0 aliphatic heterocycles. The first kappa shape index (κ1) is 18.6. The highest BCUT2D eigenvalue weighted by Crippen LogP contribution is 2.21. The van der Waals surface area contributed by atoms with Gasteiger partial charge in [0.1, 0.15) is 0 Å². The average molecular weight is 342 g/mol. The Morgan fingerprint density at radius 2 is 1.68 bits per heavy atom. The number of carbonyl (C=O) groups excluding carboxylic acids is 2. The highest BCUT2D eigenvalue weighted by atomic mass is 16.5. The number of ether oxygens (including phenoxy) is 2. The fourth-order valence-corrected chi connectivity index (χ4v) is 2.37. The number of para-hydroxylation sites is 1. The fraction of sp³-hybridized carbons (Fsp3) is 0.263. The Labute approximate surface area is 147 Å². The highest BCUT2D eigenvalue weighted by molar-refractivity contribution is 6.04. The van der Waals surface area contributed by atoms with Gasteiger partial charge >= 0.3 is 0 Å². The molecule has 6 heteroatoms. The molecule has 2 rings (SSSR count). The van der Waals surface area contributed by atoms with Crippen LogP contribution in [0.25, 0.3) is 0 Å². The van der Waals surface area contributed by atoms with Gasteiger partial charge in [0.25, 0.3) is 11.8 Å². The van der Waals surface area contributed by atoms with Crippen molar-refractivity contribution in [2.24, 2.45) is 0 Å². The quantitative estimate of drug-likeness (QED) is 0.722. The Morgan fingerprint density at radius 3 is 2.36 bits per heavy atom. The van der Waals surface area contributed by atoms with Crippen LogP contribution in [0.3, 0.4) is 0 Å². The Kier molecular flexibility index (Phi) is 7.13. The van der Waals surface area contributed by atoms with Gasteiger partial charge in [-0.3, -0.25) is 9.59 Å². The van der Waals surface area contributed by atoms with E-state index in [0.29, 0.717) is 24.4 Å². The van der Waals surface area contributed by atoms with Gasteiger partial charge in [-0.1, -0.05) is 42.5 Å². The molecule has 0 saturated carbocycles. The number of methoxy groups -OCH3 is 2. The first-order valence-corrected chi connectivity index (χ1v) is 7.92. The molecule has 0 aromatic heterocycles. The van der Waals surface area contributed by atoms with E-state index in [1.54, 1.807) is 31.4 Å². The number of nitrogens with one attached hydrogen (secondary N) is 2. The standard InChI is InChI=1S/C19H22N2O4/c1-24-13-12-20-18(22)15-10-6-7-11-16(15)21-19(23)17(25-2)14-8-4-3-5-9-14/h3-11,17H,12-13H2,1-2H3,(H,20,22)(H,21,23). The molecule has 25 heavy (non-hydrogen) atoms. The van der Waals surface area contributed by atoms with E-state index in [4.69, 9.17) is 9.47 Å². The first-order chi connectivity index (χ1) is 12.2. The van der Waals surface area contributed by atoms with Crippen molar-refractivity contribution in [2.45, 2.75) is 6.10 Å². The van der Waals surface area contributed by atoms with Gasteiger partial charge in [-0.2, -0.15) is 0 Å². The molecule has 6 nitrogen and oxygen atoms in total. The predicted molar refractivity (Wildman–Crippen MR) is 95.5 cm³/mol. The number of rotatable bonds is 8. The van der Waals surface area contributed by atoms with Gasteiger partial charge in [-0.15, -0.1) is 0 Å². The second-order valence-corrected chi connectivity index (χ2v) is 5.31. The third-order valence-corrected chi connectivity index (χ3v) is 3.60. The van der Waals surface area contributed by atoms with Crippen LogP contribution in [0.15, 0.2) is 54.6 Å². The van der Waals surface area contributed by atoms with E-state index in [0.717, 1.165) is 5.56 Å². The van der Waals surface area contributed by atoms with E-state index < -0.39 is 6.10 Å². The lowest BCUT2D eigenvalue weighted by Gasteiger charge is -2.17. The number of amides is 2. The van der Waals surface area contributed by atoms with Crippen molar-refractivity contribution < 1.29 is 19.1 Å². The summed E-state index contributed by atoms with van der Waals surface area (Å²) in [5.41, 5.74) is 1.56. The third kappa shape index (κ3) is 5.14. The van der Waals surface area contributed by atoms with Gasteiger partial charge in [-0.05, 0) is 17.7 Å². The largest absolute Gasteiger partial charge is 0.383 e. The van der Waals surface area contributed by atoms with Crippen LogP contribution in [0.2, 0.25) is 0 Å². The van der Waals surface area contributed by atoms with Crippen LogP contribution in [-0.4, -0.2) is 39.2 Å². The van der Waals surface area contributed by atoms with Crippen molar-refractivity contribution in [1.29, 1.82) is 0 Å². The number of hydrogen-bond acceptors (Lipinski definition) is 4. The van der Waals surface area contributed by atoms with Crippen LogP contribution < -0.4 is 10.6 Å². The summed E-state index contributed by atoms with van der Waals surface area (Å²) in [5.74, 6) is -0.618. The molecule has 0 radical (unpaired) electrons. The monoisotopic (exact) mass is 342 g/mol. The van der Waals surface area contributed by atoms with Gasteiger partial charge in [0.05, 0.1) is 17.9 Å². The second-order valence-electron chi connectivity index (χ2n) is 5.31. The number of anilines is 1. The zero-order valence-corrected chi connectivity index (χ0v) is 14.3. The lowest BCUT2D eigenvalue weighted by atomic mass is 10.1. The minimum Gasteiger partial charge on any atom is -0.383 e. The molecule has 132 valence electrons. The first-order valence-electron chi connectivity index (χ1n) is 7.92. The van der Waals surface area contributed by atoms with Crippen molar-refractivity contribution in [3.8, 4) is 0 Å². The molecule has 2 aromatic carbocycles. The molecule has 2 amide bonds. The van der Waals surface area contributed by atoms with Crippen molar-refractivity contribution in [3.05, 3.63) is 65.7 Å². The number of benzene rings is 2. The summed E-state index contributed by atoms with van der Waals surface area (Å²) in [5, 5.41) is 5.52. The number of carbonyl (C=O) groups is 2. The fourth-order valence-electron chi connectivity index (χ4n) is 2.37. The third-order valence-electron chi connectivity index (χ3n) is 3.60. The zero-order chi connectivity index (χ0) is 18.1. The summed E-state index contributed by atoms with van der Waals surface area (Å²) in [6.45, 7) is 0.808. The van der Waals surface area contributed by atoms with Crippen molar-refractivity contribution in [1.82, 2.24) is 5.32 Å². The Balaban J connectivity index is 2.14. The van der Waals surface area contributed by atoms with E-state index in [-0.39, 0.29) is 11.8 Å². The average Bonchev–Trinajstić information content (AvgIpc) is 2.64. The summed E-state index contributed by atoms with van der Waals surface area (Å²) in [6.07, 6.45) is -0.759. The SMILES string of the molecule is COCCNC(=O)c1ccccc1NC(=O)C(OC)c1ccccc1. The maximum Gasteiger partial charge on any atom is 0.258 e. The van der Waals surface area contributed by atoms with Gasteiger partial charge in [-0.25, -0.2) is 0 Å². The molecule has 2 aromatic rings. The summed E-state index contributed by atoms with van der Waals surface area (Å²) in [4.78, 5) is 24.9. The minimum absolute atomic E-state index is 0.276. The summed E-state index contributed by atoms with van der Waals surface area (Å²) < 4.78 is 10.2. The predicted octanol–water partition coefficient (Wildman–Crippen LogP) is 2.39. The summed E-state index contributed by atoms with van der Waals surface area (Å²) in [6, 6.07) is 16.0. The molecule has 0 aliphatic carbocycles. The molecule has 2 N–H and O–H groups in total. The molecular weight excluding hydrogens is 320 g/mol. The normalized spacial score (nSPS) is 11.6. The minimum atomic E-state index is -0.759. The molecule has 0 saturated heterocycles. The Morgan fingerprint density at radius 1 is 1.00 bits per heavy atom. The summed E-state index contributed by atoms with van der Waals surface area (Å²) >= 11 is 0. The molecule has 0 fully saturated rings. The van der Waals surface area contributed by atoms with Gasteiger partial charge in [0, 0.05) is 20.8 Å².